The maximum Gasteiger partial charge on any atom is 0.121 e. The molecule has 1 N–H and O–H groups in total. The molecule has 2 heterocycles. The van der Waals surface area contributed by atoms with Crippen LogP contribution in [0, 0.1) is 0 Å². The number of anilines is 1. The van der Waals surface area contributed by atoms with Crippen molar-refractivity contribution in [1.82, 2.24) is 9.88 Å². The Morgan fingerprint density at radius 1 is 1.32 bits per heavy atom. The van der Waals surface area contributed by atoms with Gasteiger partial charge in [0.25, 0.3) is 0 Å². The average molecular weight is 301 g/mol. The highest BCUT2D eigenvalue weighted by Gasteiger charge is 2.10. The summed E-state index contributed by atoms with van der Waals surface area (Å²) in [5, 5.41) is 4.60. The summed E-state index contributed by atoms with van der Waals surface area (Å²) in [4.78, 5) is 6.93. The number of rotatable bonds is 6. The molecule has 118 valence electrons. The normalized spacial score (nSPS) is 15.9. The zero-order valence-electron chi connectivity index (χ0n) is 13.0. The van der Waals surface area contributed by atoms with Crippen LogP contribution in [0.15, 0.2) is 30.5 Å². The molecule has 0 unspecified atom stereocenters. The number of methoxy groups -OCH3 is 1. The number of hydrogen-bond acceptors (Lipinski definition) is 5. The van der Waals surface area contributed by atoms with Crippen molar-refractivity contribution < 1.29 is 9.47 Å². The third-order valence-electron chi connectivity index (χ3n) is 3.98. The number of pyridine rings is 1. The van der Waals surface area contributed by atoms with E-state index in [0.29, 0.717) is 0 Å². The molecule has 0 bridgehead atoms. The minimum absolute atomic E-state index is 0.858. The quantitative estimate of drug-likeness (QED) is 0.830. The Morgan fingerprint density at radius 2 is 2.18 bits per heavy atom. The van der Waals surface area contributed by atoms with Crippen molar-refractivity contribution in [2.24, 2.45) is 0 Å². The van der Waals surface area contributed by atoms with Crippen LogP contribution in [0.4, 0.5) is 5.69 Å². The van der Waals surface area contributed by atoms with Crippen LogP contribution in [0.1, 0.15) is 6.42 Å². The predicted octanol–water partition coefficient (Wildman–Crippen LogP) is 2.38. The van der Waals surface area contributed by atoms with Crippen molar-refractivity contribution in [3.8, 4) is 5.75 Å². The van der Waals surface area contributed by atoms with Gasteiger partial charge >= 0.3 is 0 Å². The Labute approximate surface area is 131 Å². The number of ether oxygens (including phenoxy) is 2. The minimum atomic E-state index is 0.858. The van der Waals surface area contributed by atoms with E-state index in [1.165, 1.54) is 0 Å². The van der Waals surface area contributed by atoms with Crippen molar-refractivity contribution in [2.45, 2.75) is 6.42 Å². The fraction of sp³-hybridized carbons (Fsp3) is 0.471. The maximum absolute atomic E-state index is 5.37. The smallest absolute Gasteiger partial charge is 0.121 e. The maximum atomic E-state index is 5.37. The summed E-state index contributed by atoms with van der Waals surface area (Å²) < 4.78 is 10.7. The van der Waals surface area contributed by atoms with Crippen molar-refractivity contribution in [3.05, 3.63) is 30.5 Å². The van der Waals surface area contributed by atoms with E-state index in [-0.39, 0.29) is 0 Å². The highest BCUT2D eigenvalue weighted by molar-refractivity contribution is 5.91. The molecule has 1 saturated heterocycles. The Kier molecular flexibility index (Phi) is 5.08. The zero-order chi connectivity index (χ0) is 15.2. The standard InChI is InChI=1S/C17H23N3O2/c1-21-15-12-14-4-2-5-19-17(14)16(13-15)18-6-3-7-20-8-10-22-11-9-20/h2,4-5,12-13,18H,3,6-11H2,1H3. The van der Waals surface area contributed by atoms with E-state index in [1.807, 2.05) is 24.4 Å². The molecule has 1 fully saturated rings. The summed E-state index contributed by atoms with van der Waals surface area (Å²) in [5.74, 6) is 0.858. The van der Waals surface area contributed by atoms with Gasteiger partial charge in [-0.15, -0.1) is 0 Å². The van der Waals surface area contributed by atoms with Gasteiger partial charge in [-0.3, -0.25) is 9.88 Å². The molecule has 1 aromatic heterocycles. The van der Waals surface area contributed by atoms with E-state index in [4.69, 9.17) is 9.47 Å². The van der Waals surface area contributed by atoms with Crippen LogP contribution in [-0.4, -0.2) is 56.4 Å². The van der Waals surface area contributed by atoms with E-state index in [9.17, 15) is 0 Å². The summed E-state index contributed by atoms with van der Waals surface area (Å²) in [6.07, 6.45) is 2.93. The van der Waals surface area contributed by atoms with Crippen molar-refractivity contribution >= 4 is 16.6 Å². The zero-order valence-corrected chi connectivity index (χ0v) is 13.0. The molecule has 1 aliphatic heterocycles. The first-order valence-electron chi connectivity index (χ1n) is 7.83. The molecule has 5 nitrogen and oxygen atoms in total. The first-order valence-corrected chi connectivity index (χ1v) is 7.83. The lowest BCUT2D eigenvalue weighted by Crippen LogP contribution is -2.37. The van der Waals surface area contributed by atoms with Crippen LogP contribution in [0.25, 0.3) is 10.9 Å². The number of nitrogens with zero attached hydrogens (tertiary/aromatic N) is 2. The van der Waals surface area contributed by atoms with Crippen molar-refractivity contribution in [2.75, 3.05) is 51.8 Å². The minimum Gasteiger partial charge on any atom is -0.497 e. The molecule has 0 amide bonds. The second kappa shape index (κ2) is 7.42. The molecule has 22 heavy (non-hydrogen) atoms. The summed E-state index contributed by atoms with van der Waals surface area (Å²) in [7, 11) is 1.69. The van der Waals surface area contributed by atoms with Crippen LogP contribution in [0.2, 0.25) is 0 Å². The molecule has 0 radical (unpaired) electrons. The molecule has 5 heteroatoms. The van der Waals surface area contributed by atoms with Gasteiger partial charge in [-0.2, -0.15) is 0 Å². The fourth-order valence-electron chi connectivity index (χ4n) is 2.77. The summed E-state index contributed by atoms with van der Waals surface area (Å²) in [6.45, 7) is 5.84. The molecule has 2 aromatic rings. The molecule has 0 aliphatic carbocycles. The van der Waals surface area contributed by atoms with Crippen LogP contribution in [-0.2, 0) is 4.74 Å². The summed E-state index contributed by atoms with van der Waals surface area (Å²) in [5.41, 5.74) is 2.03. The van der Waals surface area contributed by atoms with Crippen LogP contribution in [0.5, 0.6) is 5.75 Å². The number of nitrogens with one attached hydrogen (secondary N) is 1. The predicted molar refractivity (Wildman–Crippen MR) is 88.7 cm³/mol. The van der Waals surface area contributed by atoms with Crippen LogP contribution in [0.3, 0.4) is 0 Å². The Morgan fingerprint density at radius 3 is 3.00 bits per heavy atom. The summed E-state index contributed by atoms with van der Waals surface area (Å²) >= 11 is 0. The van der Waals surface area contributed by atoms with Gasteiger partial charge in [-0.1, -0.05) is 6.07 Å². The van der Waals surface area contributed by atoms with E-state index >= 15 is 0 Å². The lowest BCUT2D eigenvalue weighted by molar-refractivity contribution is 0.0378. The summed E-state index contributed by atoms with van der Waals surface area (Å²) in [6, 6.07) is 8.04. The number of hydrogen-bond donors (Lipinski definition) is 1. The SMILES string of the molecule is COc1cc(NCCCN2CCOCC2)c2ncccc2c1. The van der Waals surface area contributed by atoms with Gasteiger partial charge in [0.05, 0.1) is 31.5 Å². The molecule has 3 rings (SSSR count). The molecule has 0 spiro atoms. The number of benzene rings is 1. The van der Waals surface area contributed by atoms with Crippen molar-refractivity contribution in [3.63, 3.8) is 0 Å². The van der Waals surface area contributed by atoms with E-state index in [0.717, 1.165) is 68.2 Å². The fourth-order valence-corrected chi connectivity index (χ4v) is 2.77. The van der Waals surface area contributed by atoms with Crippen molar-refractivity contribution in [1.29, 1.82) is 0 Å². The van der Waals surface area contributed by atoms with E-state index in [1.54, 1.807) is 7.11 Å². The molecule has 0 atom stereocenters. The Balaban J connectivity index is 1.60. The van der Waals surface area contributed by atoms with Gasteiger partial charge in [-0.25, -0.2) is 0 Å². The second-order valence-corrected chi connectivity index (χ2v) is 5.48. The van der Waals surface area contributed by atoms with Gasteiger partial charge in [0, 0.05) is 37.3 Å². The van der Waals surface area contributed by atoms with Gasteiger partial charge < -0.3 is 14.8 Å². The highest BCUT2D eigenvalue weighted by atomic mass is 16.5. The van der Waals surface area contributed by atoms with E-state index in [2.05, 4.69) is 21.3 Å². The van der Waals surface area contributed by atoms with Gasteiger partial charge in [-0.05, 0) is 25.1 Å². The van der Waals surface area contributed by atoms with Crippen LogP contribution < -0.4 is 10.1 Å². The topological polar surface area (TPSA) is 46.6 Å². The largest absolute Gasteiger partial charge is 0.497 e. The third-order valence-corrected chi connectivity index (χ3v) is 3.98. The van der Waals surface area contributed by atoms with Crippen LogP contribution >= 0.6 is 0 Å². The monoisotopic (exact) mass is 301 g/mol. The van der Waals surface area contributed by atoms with Gasteiger partial charge in [0.2, 0.25) is 0 Å². The van der Waals surface area contributed by atoms with E-state index < -0.39 is 0 Å². The average Bonchev–Trinajstić information content (AvgIpc) is 2.59. The Bertz CT molecular complexity index is 612. The molecular weight excluding hydrogens is 278 g/mol. The lowest BCUT2D eigenvalue weighted by atomic mass is 10.1. The second-order valence-electron chi connectivity index (χ2n) is 5.48. The molecule has 1 aromatic carbocycles. The number of morpholine rings is 1. The first-order chi connectivity index (χ1) is 10.9. The molecule has 0 saturated carbocycles. The molecule has 1 aliphatic rings. The first kappa shape index (κ1) is 15.1. The number of fused-ring (bicyclic) bond motifs is 1. The Hall–Kier alpha value is -1.85. The lowest BCUT2D eigenvalue weighted by Gasteiger charge is -2.26. The van der Waals surface area contributed by atoms with Gasteiger partial charge in [0.15, 0.2) is 0 Å². The highest BCUT2D eigenvalue weighted by Crippen LogP contribution is 2.27. The van der Waals surface area contributed by atoms with Gasteiger partial charge in [0.1, 0.15) is 5.75 Å². The number of aromatic nitrogens is 1. The molecular formula is C17H23N3O2. The third kappa shape index (κ3) is 3.67.